The van der Waals surface area contributed by atoms with Gasteiger partial charge < -0.3 is 5.32 Å². The highest BCUT2D eigenvalue weighted by Gasteiger charge is 2.11. The number of hydrogen-bond donors (Lipinski definition) is 1. The van der Waals surface area contributed by atoms with Crippen LogP contribution in [0.3, 0.4) is 0 Å². The van der Waals surface area contributed by atoms with E-state index >= 15 is 0 Å². The first-order valence-electron chi connectivity index (χ1n) is 5.19. The summed E-state index contributed by atoms with van der Waals surface area (Å²) in [4.78, 5) is 0. The van der Waals surface area contributed by atoms with Crippen LogP contribution in [-0.2, 0) is 0 Å². The Bertz CT molecular complexity index is 323. The second-order valence-electron chi connectivity index (χ2n) is 4.11. The van der Waals surface area contributed by atoms with Crippen LogP contribution < -0.4 is 5.32 Å². The third-order valence-corrected chi connectivity index (χ3v) is 3.18. The van der Waals surface area contributed by atoms with Gasteiger partial charge in [-0.1, -0.05) is 56.1 Å². The maximum atomic E-state index is 6.14. The highest BCUT2D eigenvalue weighted by Crippen LogP contribution is 2.30. The van der Waals surface area contributed by atoms with E-state index in [2.05, 4.69) is 26.1 Å². The van der Waals surface area contributed by atoms with Gasteiger partial charge in [0, 0.05) is 12.6 Å². The van der Waals surface area contributed by atoms with E-state index < -0.39 is 0 Å². The van der Waals surface area contributed by atoms with Crippen LogP contribution in [0, 0.1) is 0 Å². The molecule has 0 bridgehead atoms. The molecule has 0 radical (unpaired) electrons. The lowest BCUT2D eigenvalue weighted by Gasteiger charge is -2.16. The molecule has 84 valence electrons. The molecule has 0 heterocycles. The minimum absolute atomic E-state index is 0.374. The Morgan fingerprint density at radius 1 is 1.20 bits per heavy atom. The van der Waals surface area contributed by atoms with Crippen LogP contribution >= 0.6 is 23.2 Å². The maximum Gasteiger partial charge on any atom is 0.0627 e. The van der Waals surface area contributed by atoms with E-state index in [-0.39, 0.29) is 0 Å². The number of benzene rings is 1. The number of rotatable bonds is 4. The lowest BCUT2D eigenvalue weighted by molar-refractivity contribution is 0.548. The molecule has 3 heteroatoms. The van der Waals surface area contributed by atoms with Crippen LogP contribution in [0.15, 0.2) is 18.2 Å². The molecule has 0 aliphatic carbocycles. The maximum absolute atomic E-state index is 6.14. The first-order valence-corrected chi connectivity index (χ1v) is 5.95. The molecule has 0 aliphatic rings. The van der Waals surface area contributed by atoms with Gasteiger partial charge in [-0.2, -0.15) is 0 Å². The van der Waals surface area contributed by atoms with Gasteiger partial charge in [-0.3, -0.25) is 0 Å². The van der Waals surface area contributed by atoms with Crippen molar-refractivity contribution in [1.82, 2.24) is 5.32 Å². The van der Waals surface area contributed by atoms with E-state index in [9.17, 15) is 0 Å². The van der Waals surface area contributed by atoms with E-state index in [0.29, 0.717) is 22.0 Å². The molecule has 1 nitrogen and oxygen atoms in total. The standard InChI is InChI=1S/C12H17Cl2N/c1-8(2)15-7-9(3)10-5-4-6-11(13)12(10)14/h4-6,8-9,15H,7H2,1-3H3. The zero-order valence-corrected chi connectivity index (χ0v) is 10.9. The monoisotopic (exact) mass is 245 g/mol. The predicted octanol–water partition coefficient (Wildman–Crippen LogP) is 4.09. The fourth-order valence-corrected chi connectivity index (χ4v) is 1.92. The Morgan fingerprint density at radius 3 is 2.47 bits per heavy atom. The van der Waals surface area contributed by atoms with Gasteiger partial charge >= 0.3 is 0 Å². The number of hydrogen-bond acceptors (Lipinski definition) is 1. The van der Waals surface area contributed by atoms with Crippen molar-refractivity contribution >= 4 is 23.2 Å². The van der Waals surface area contributed by atoms with Crippen LogP contribution in [0.25, 0.3) is 0 Å². The van der Waals surface area contributed by atoms with Gasteiger partial charge in [0.1, 0.15) is 0 Å². The normalized spacial score (nSPS) is 13.2. The van der Waals surface area contributed by atoms with Crippen molar-refractivity contribution in [2.45, 2.75) is 32.7 Å². The molecular formula is C12H17Cl2N. The van der Waals surface area contributed by atoms with Crippen molar-refractivity contribution in [2.75, 3.05) is 6.54 Å². The average molecular weight is 246 g/mol. The summed E-state index contributed by atoms with van der Waals surface area (Å²) in [7, 11) is 0. The minimum Gasteiger partial charge on any atom is -0.314 e. The van der Waals surface area contributed by atoms with Crippen molar-refractivity contribution in [3.05, 3.63) is 33.8 Å². The van der Waals surface area contributed by atoms with E-state index in [1.807, 2.05) is 18.2 Å². The molecule has 1 aromatic carbocycles. The van der Waals surface area contributed by atoms with E-state index in [4.69, 9.17) is 23.2 Å². The first kappa shape index (κ1) is 12.8. The van der Waals surface area contributed by atoms with Crippen LogP contribution in [-0.4, -0.2) is 12.6 Å². The molecule has 1 atom stereocenters. The number of halogens is 2. The Morgan fingerprint density at radius 2 is 1.87 bits per heavy atom. The molecule has 1 N–H and O–H groups in total. The highest BCUT2D eigenvalue weighted by molar-refractivity contribution is 6.42. The summed E-state index contributed by atoms with van der Waals surface area (Å²) in [5.41, 5.74) is 1.11. The molecule has 0 spiro atoms. The molecule has 1 unspecified atom stereocenters. The van der Waals surface area contributed by atoms with Gasteiger partial charge in [0.15, 0.2) is 0 Å². The Labute approximate surface area is 102 Å². The van der Waals surface area contributed by atoms with Crippen LogP contribution in [0.1, 0.15) is 32.3 Å². The zero-order chi connectivity index (χ0) is 11.4. The Kier molecular flexibility index (Phi) is 4.91. The van der Waals surface area contributed by atoms with Crippen molar-refractivity contribution in [2.24, 2.45) is 0 Å². The minimum atomic E-state index is 0.374. The summed E-state index contributed by atoms with van der Waals surface area (Å²) < 4.78 is 0. The molecule has 0 amide bonds. The summed E-state index contributed by atoms with van der Waals surface area (Å²) in [6.45, 7) is 7.32. The van der Waals surface area contributed by atoms with Gasteiger partial charge in [-0.05, 0) is 17.5 Å². The van der Waals surface area contributed by atoms with E-state index in [0.717, 1.165) is 12.1 Å². The predicted molar refractivity (Wildman–Crippen MR) is 68.0 cm³/mol. The molecule has 0 saturated carbocycles. The third-order valence-electron chi connectivity index (χ3n) is 2.34. The fourth-order valence-electron chi connectivity index (χ4n) is 1.42. The van der Waals surface area contributed by atoms with Crippen LogP contribution in [0.2, 0.25) is 10.0 Å². The first-order chi connectivity index (χ1) is 7.02. The van der Waals surface area contributed by atoms with Crippen molar-refractivity contribution < 1.29 is 0 Å². The van der Waals surface area contributed by atoms with Crippen LogP contribution in [0.5, 0.6) is 0 Å². The zero-order valence-electron chi connectivity index (χ0n) is 9.35. The van der Waals surface area contributed by atoms with Crippen molar-refractivity contribution in [1.29, 1.82) is 0 Å². The highest BCUT2D eigenvalue weighted by atomic mass is 35.5. The van der Waals surface area contributed by atoms with Gasteiger partial charge in [-0.25, -0.2) is 0 Å². The van der Waals surface area contributed by atoms with Gasteiger partial charge in [0.2, 0.25) is 0 Å². The average Bonchev–Trinajstić information content (AvgIpc) is 2.18. The lowest BCUT2D eigenvalue weighted by atomic mass is 10.0. The molecule has 0 aliphatic heterocycles. The summed E-state index contributed by atoms with van der Waals surface area (Å²) >= 11 is 12.1. The third kappa shape index (κ3) is 3.67. The largest absolute Gasteiger partial charge is 0.314 e. The summed E-state index contributed by atoms with van der Waals surface area (Å²) in [6, 6.07) is 6.28. The number of nitrogens with one attached hydrogen (secondary N) is 1. The Hall–Kier alpha value is -0.240. The molecule has 1 aromatic rings. The second-order valence-corrected chi connectivity index (χ2v) is 4.89. The van der Waals surface area contributed by atoms with E-state index in [1.165, 1.54) is 0 Å². The topological polar surface area (TPSA) is 12.0 Å². The molecule has 0 aromatic heterocycles. The van der Waals surface area contributed by atoms with E-state index in [1.54, 1.807) is 0 Å². The van der Waals surface area contributed by atoms with Crippen LogP contribution in [0.4, 0.5) is 0 Å². The SMILES string of the molecule is CC(C)NCC(C)c1cccc(Cl)c1Cl. The van der Waals surface area contributed by atoms with Gasteiger partial charge in [-0.15, -0.1) is 0 Å². The lowest BCUT2D eigenvalue weighted by Crippen LogP contribution is -2.27. The Balaban J connectivity index is 2.73. The summed E-state index contributed by atoms with van der Waals surface area (Å²) in [5, 5.41) is 4.70. The molecule has 1 rings (SSSR count). The fraction of sp³-hybridized carbons (Fsp3) is 0.500. The smallest absolute Gasteiger partial charge is 0.0627 e. The van der Waals surface area contributed by atoms with Crippen molar-refractivity contribution in [3.8, 4) is 0 Å². The summed E-state index contributed by atoms with van der Waals surface area (Å²) in [6.07, 6.45) is 0. The quantitative estimate of drug-likeness (QED) is 0.843. The molecule has 0 fully saturated rings. The van der Waals surface area contributed by atoms with Crippen molar-refractivity contribution in [3.63, 3.8) is 0 Å². The molecular weight excluding hydrogens is 229 g/mol. The van der Waals surface area contributed by atoms with Gasteiger partial charge in [0.25, 0.3) is 0 Å². The molecule has 0 saturated heterocycles. The second kappa shape index (κ2) is 5.74. The molecule has 15 heavy (non-hydrogen) atoms. The summed E-state index contributed by atoms with van der Waals surface area (Å²) in [5.74, 6) is 0.374. The van der Waals surface area contributed by atoms with Gasteiger partial charge in [0.05, 0.1) is 10.0 Å².